The summed E-state index contributed by atoms with van der Waals surface area (Å²) in [5, 5.41) is 5.95. The molecule has 1 aromatic carbocycles. The molecule has 1 aliphatic heterocycles. The first-order valence-electron chi connectivity index (χ1n) is 7.23. The number of piperidine rings is 1. The maximum absolute atomic E-state index is 13.1. The average molecular weight is 314 g/mol. The SMILES string of the molecule is CNCC1CCCCN1CC(=O)Nc1ccc(F)c(Cl)c1. The Morgan fingerprint density at radius 1 is 1.48 bits per heavy atom. The van der Waals surface area contributed by atoms with E-state index in [1.807, 2.05) is 7.05 Å². The molecule has 0 saturated carbocycles. The van der Waals surface area contributed by atoms with E-state index in [0.717, 1.165) is 25.9 Å². The van der Waals surface area contributed by atoms with E-state index in [4.69, 9.17) is 11.6 Å². The molecule has 2 N–H and O–H groups in total. The van der Waals surface area contributed by atoms with Crippen LogP contribution < -0.4 is 10.6 Å². The van der Waals surface area contributed by atoms with Gasteiger partial charge in [-0.15, -0.1) is 0 Å². The van der Waals surface area contributed by atoms with Crippen LogP contribution >= 0.6 is 11.6 Å². The first-order chi connectivity index (χ1) is 10.1. The van der Waals surface area contributed by atoms with Crippen LogP contribution in [0.25, 0.3) is 0 Å². The number of benzene rings is 1. The highest BCUT2D eigenvalue weighted by molar-refractivity contribution is 6.31. The maximum Gasteiger partial charge on any atom is 0.238 e. The highest BCUT2D eigenvalue weighted by Crippen LogP contribution is 2.20. The largest absolute Gasteiger partial charge is 0.325 e. The fraction of sp³-hybridized carbons (Fsp3) is 0.533. The van der Waals surface area contributed by atoms with Gasteiger partial charge in [0, 0.05) is 18.3 Å². The second-order valence-corrected chi connectivity index (χ2v) is 5.76. The van der Waals surface area contributed by atoms with Crippen LogP contribution in [0, 0.1) is 5.82 Å². The number of hydrogen-bond donors (Lipinski definition) is 2. The van der Waals surface area contributed by atoms with Crippen molar-refractivity contribution in [1.82, 2.24) is 10.2 Å². The Kier molecular flexibility index (Phi) is 5.96. The van der Waals surface area contributed by atoms with Gasteiger partial charge in [0.25, 0.3) is 0 Å². The van der Waals surface area contributed by atoms with E-state index in [2.05, 4.69) is 15.5 Å². The number of hydrogen-bond acceptors (Lipinski definition) is 3. The molecule has 1 aromatic rings. The van der Waals surface area contributed by atoms with E-state index in [1.165, 1.54) is 24.6 Å². The lowest BCUT2D eigenvalue weighted by molar-refractivity contribution is -0.118. The van der Waals surface area contributed by atoms with Crippen molar-refractivity contribution in [3.05, 3.63) is 29.0 Å². The molecule has 1 amide bonds. The molecule has 0 aliphatic carbocycles. The molecule has 1 aliphatic rings. The summed E-state index contributed by atoms with van der Waals surface area (Å²) in [7, 11) is 1.92. The van der Waals surface area contributed by atoms with Crippen LogP contribution in [0.5, 0.6) is 0 Å². The zero-order valence-electron chi connectivity index (χ0n) is 12.2. The molecule has 1 heterocycles. The van der Waals surface area contributed by atoms with Gasteiger partial charge in [-0.1, -0.05) is 18.0 Å². The van der Waals surface area contributed by atoms with Gasteiger partial charge in [-0.25, -0.2) is 4.39 Å². The number of anilines is 1. The van der Waals surface area contributed by atoms with Gasteiger partial charge >= 0.3 is 0 Å². The molecular formula is C15H21ClFN3O. The number of carbonyl (C=O) groups excluding carboxylic acids is 1. The molecule has 0 radical (unpaired) electrons. The zero-order chi connectivity index (χ0) is 15.2. The molecule has 2 rings (SSSR count). The molecule has 1 saturated heterocycles. The number of nitrogens with zero attached hydrogens (tertiary/aromatic N) is 1. The van der Waals surface area contributed by atoms with Crippen LogP contribution in [-0.4, -0.2) is 43.5 Å². The van der Waals surface area contributed by atoms with E-state index in [9.17, 15) is 9.18 Å². The van der Waals surface area contributed by atoms with Crippen molar-refractivity contribution in [2.75, 3.05) is 32.0 Å². The number of halogens is 2. The first kappa shape index (κ1) is 16.2. The van der Waals surface area contributed by atoms with Crippen molar-refractivity contribution in [3.63, 3.8) is 0 Å². The Hall–Kier alpha value is -1.17. The summed E-state index contributed by atoms with van der Waals surface area (Å²) >= 11 is 5.71. The normalized spacial score (nSPS) is 19.5. The lowest BCUT2D eigenvalue weighted by atomic mass is 10.0. The zero-order valence-corrected chi connectivity index (χ0v) is 12.9. The molecule has 116 valence electrons. The summed E-state index contributed by atoms with van der Waals surface area (Å²) < 4.78 is 13.1. The molecule has 4 nitrogen and oxygen atoms in total. The van der Waals surface area contributed by atoms with Gasteiger partial charge in [-0.2, -0.15) is 0 Å². The van der Waals surface area contributed by atoms with Crippen molar-refractivity contribution in [1.29, 1.82) is 0 Å². The fourth-order valence-corrected chi connectivity index (χ4v) is 2.87. The number of nitrogens with one attached hydrogen (secondary N) is 2. The van der Waals surface area contributed by atoms with Crippen LogP contribution in [0.1, 0.15) is 19.3 Å². The second-order valence-electron chi connectivity index (χ2n) is 5.35. The van der Waals surface area contributed by atoms with Gasteiger partial charge < -0.3 is 10.6 Å². The minimum absolute atomic E-state index is 0.0128. The van der Waals surface area contributed by atoms with Gasteiger partial charge in [-0.05, 0) is 44.6 Å². The molecule has 0 bridgehead atoms. The Labute approximate surface area is 129 Å². The molecule has 0 aromatic heterocycles. The monoisotopic (exact) mass is 313 g/mol. The Balaban J connectivity index is 1.92. The van der Waals surface area contributed by atoms with Crippen LogP contribution in [-0.2, 0) is 4.79 Å². The summed E-state index contributed by atoms with van der Waals surface area (Å²) in [6.45, 7) is 2.17. The highest BCUT2D eigenvalue weighted by Gasteiger charge is 2.23. The molecular weight excluding hydrogens is 293 g/mol. The van der Waals surface area contributed by atoms with E-state index >= 15 is 0 Å². The summed E-state index contributed by atoms with van der Waals surface area (Å²) in [6.07, 6.45) is 3.43. The number of likely N-dealkylation sites (N-methyl/N-ethyl adjacent to an activating group) is 1. The molecule has 6 heteroatoms. The van der Waals surface area contributed by atoms with Crippen molar-refractivity contribution in [2.24, 2.45) is 0 Å². The van der Waals surface area contributed by atoms with Crippen molar-refractivity contribution in [3.8, 4) is 0 Å². The summed E-state index contributed by atoms with van der Waals surface area (Å²) in [5.74, 6) is -0.583. The number of likely N-dealkylation sites (tertiary alicyclic amines) is 1. The smallest absolute Gasteiger partial charge is 0.238 e. The number of rotatable bonds is 5. The fourth-order valence-electron chi connectivity index (χ4n) is 2.69. The van der Waals surface area contributed by atoms with Gasteiger partial charge in [0.2, 0.25) is 5.91 Å². The van der Waals surface area contributed by atoms with E-state index in [-0.39, 0.29) is 10.9 Å². The average Bonchev–Trinajstić information content (AvgIpc) is 2.45. The predicted molar refractivity (Wildman–Crippen MR) is 83.2 cm³/mol. The minimum atomic E-state index is -0.486. The van der Waals surface area contributed by atoms with Gasteiger partial charge in [0.1, 0.15) is 5.82 Å². The standard InChI is InChI=1S/C15H21ClFN3O/c1-18-9-12-4-2-3-7-20(12)10-15(21)19-11-5-6-14(17)13(16)8-11/h5-6,8,12,18H,2-4,7,9-10H2,1H3,(H,19,21). The third kappa shape index (κ3) is 4.66. The van der Waals surface area contributed by atoms with E-state index < -0.39 is 5.82 Å². The number of amides is 1. The third-order valence-corrected chi connectivity index (χ3v) is 4.03. The summed E-state index contributed by atoms with van der Waals surface area (Å²) in [5.41, 5.74) is 0.522. The second kappa shape index (κ2) is 7.73. The molecule has 1 atom stereocenters. The first-order valence-corrected chi connectivity index (χ1v) is 7.61. The molecule has 21 heavy (non-hydrogen) atoms. The Morgan fingerprint density at radius 3 is 3.00 bits per heavy atom. The summed E-state index contributed by atoms with van der Waals surface area (Å²) in [4.78, 5) is 14.3. The van der Waals surface area contributed by atoms with E-state index in [0.29, 0.717) is 18.3 Å². The highest BCUT2D eigenvalue weighted by atomic mass is 35.5. The predicted octanol–water partition coefficient (Wildman–Crippen LogP) is 2.49. The van der Waals surface area contributed by atoms with Crippen LogP contribution in [0.4, 0.5) is 10.1 Å². The van der Waals surface area contributed by atoms with Crippen molar-refractivity contribution < 1.29 is 9.18 Å². The van der Waals surface area contributed by atoms with Gasteiger partial charge in [-0.3, -0.25) is 9.69 Å². The van der Waals surface area contributed by atoms with Gasteiger partial charge in [0.15, 0.2) is 0 Å². The number of carbonyl (C=O) groups is 1. The Bertz CT molecular complexity index is 496. The van der Waals surface area contributed by atoms with Crippen LogP contribution in [0.3, 0.4) is 0 Å². The maximum atomic E-state index is 13.1. The third-order valence-electron chi connectivity index (χ3n) is 3.74. The van der Waals surface area contributed by atoms with Crippen molar-refractivity contribution in [2.45, 2.75) is 25.3 Å². The molecule has 1 unspecified atom stereocenters. The molecule has 1 fully saturated rings. The van der Waals surface area contributed by atoms with E-state index in [1.54, 1.807) is 0 Å². The van der Waals surface area contributed by atoms with Crippen LogP contribution in [0.2, 0.25) is 5.02 Å². The van der Waals surface area contributed by atoms with Crippen LogP contribution in [0.15, 0.2) is 18.2 Å². The minimum Gasteiger partial charge on any atom is -0.325 e. The molecule has 0 spiro atoms. The quantitative estimate of drug-likeness (QED) is 0.878. The van der Waals surface area contributed by atoms with Crippen molar-refractivity contribution >= 4 is 23.2 Å². The topological polar surface area (TPSA) is 44.4 Å². The Morgan fingerprint density at radius 2 is 2.29 bits per heavy atom. The lowest BCUT2D eigenvalue weighted by Gasteiger charge is -2.35. The van der Waals surface area contributed by atoms with Gasteiger partial charge in [0.05, 0.1) is 11.6 Å². The lowest BCUT2D eigenvalue weighted by Crippen LogP contribution is -2.47. The summed E-state index contributed by atoms with van der Waals surface area (Å²) in [6, 6.07) is 4.59.